The van der Waals surface area contributed by atoms with E-state index in [2.05, 4.69) is 21.5 Å². The van der Waals surface area contributed by atoms with Crippen molar-refractivity contribution in [3.63, 3.8) is 0 Å². The number of aromatic nitrogens is 3. The number of nitrogens with zero attached hydrogens (tertiary/aromatic N) is 4. The van der Waals surface area contributed by atoms with Gasteiger partial charge in [-0.3, -0.25) is 4.79 Å². The summed E-state index contributed by atoms with van der Waals surface area (Å²) in [6, 6.07) is 11.6. The fourth-order valence-electron chi connectivity index (χ4n) is 2.43. The molecule has 0 unspecified atom stereocenters. The highest BCUT2D eigenvalue weighted by atomic mass is 16.1. The summed E-state index contributed by atoms with van der Waals surface area (Å²) in [6.07, 6.45) is 1.67. The lowest BCUT2D eigenvalue weighted by Gasteiger charge is -2.15. The highest BCUT2D eigenvalue weighted by Crippen LogP contribution is 2.15. The van der Waals surface area contributed by atoms with E-state index in [9.17, 15) is 4.79 Å². The van der Waals surface area contributed by atoms with Crippen molar-refractivity contribution < 1.29 is 4.79 Å². The van der Waals surface area contributed by atoms with E-state index in [-0.39, 0.29) is 5.91 Å². The van der Waals surface area contributed by atoms with Gasteiger partial charge in [0.05, 0.1) is 6.20 Å². The summed E-state index contributed by atoms with van der Waals surface area (Å²) in [5.74, 6) is 0.610. The summed E-state index contributed by atoms with van der Waals surface area (Å²) in [6.45, 7) is 2.51. The SMILES string of the molecule is Cc1cccc(CNC(=O)c2cc(N(C)C)n3nccc3n2)c1. The first-order valence-corrected chi connectivity index (χ1v) is 7.40. The lowest BCUT2D eigenvalue weighted by molar-refractivity contribution is 0.0946. The normalized spacial score (nSPS) is 10.7. The summed E-state index contributed by atoms with van der Waals surface area (Å²) in [7, 11) is 3.82. The number of aryl methyl sites for hydroxylation is 1. The second kappa shape index (κ2) is 6.08. The van der Waals surface area contributed by atoms with Crippen LogP contribution in [0.25, 0.3) is 5.65 Å². The molecule has 6 heteroatoms. The van der Waals surface area contributed by atoms with E-state index in [0.29, 0.717) is 17.9 Å². The van der Waals surface area contributed by atoms with Crippen LogP contribution in [0.1, 0.15) is 21.6 Å². The molecule has 3 aromatic rings. The number of benzene rings is 1. The molecule has 6 nitrogen and oxygen atoms in total. The Morgan fingerprint density at radius 3 is 2.83 bits per heavy atom. The number of hydrogen-bond acceptors (Lipinski definition) is 4. The van der Waals surface area contributed by atoms with Gasteiger partial charge in [0.25, 0.3) is 5.91 Å². The predicted molar refractivity (Wildman–Crippen MR) is 89.7 cm³/mol. The maximum Gasteiger partial charge on any atom is 0.270 e. The van der Waals surface area contributed by atoms with E-state index in [1.54, 1.807) is 22.8 Å². The number of fused-ring (bicyclic) bond motifs is 1. The van der Waals surface area contributed by atoms with Gasteiger partial charge in [-0.05, 0) is 12.5 Å². The van der Waals surface area contributed by atoms with Gasteiger partial charge in [0.1, 0.15) is 11.5 Å². The Bertz CT molecular complexity index is 853. The largest absolute Gasteiger partial charge is 0.363 e. The smallest absolute Gasteiger partial charge is 0.270 e. The van der Waals surface area contributed by atoms with E-state index in [0.717, 1.165) is 11.4 Å². The van der Waals surface area contributed by atoms with Crippen LogP contribution in [-0.4, -0.2) is 34.6 Å². The van der Waals surface area contributed by atoms with E-state index >= 15 is 0 Å². The minimum absolute atomic E-state index is 0.196. The molecule has 0 saturated heterocycles. The molecule has 1 N–H and O–H groups in total. The van der Waals surface area contributed by atoms with Crippen LogP contribution in [0.5, 0.6) is 0 Å². The van der Waals surface area contributed by atoms with Gasteiger partial charge in [0.2, 0.25) is 0 Å². The second-order valence-corrected chi connectivity index (χ2v) is 5.67. The summed E-state index contributed by atoms with van der Waals surface area (Å²) in [4.78, 5) is 18.7. The first kappa shape index (κ1) is 15.0. The van der Waals surface area contributed by atoms with Crippen molar-refractivity contribution in [2.45, 2.75) is 13.5 Å². The maximum atomic E-state index is 12.4. The molecule has 1 amide bonds. The monoisotopic (exact) mass is 309 g/mol. The van der Waals surface area contributed by atoms with Crippen LogP contribution in [-0.2, 0) is 6.54 Å². The van der Waals surface area contributed by atoms with Gasteiger partial charge in [0.15, 0.2) is 5.65 Å². The molecular weight excluding hydrogens is 290 g/mol. The Balaban J connectivity index is 1.83. The van der Waals surface area contributed by atoms with E-state index < -0.39 is 0 Å². The van der Waals surface area contributed by atoms with Crippen LogP contribution in [0.2, 0.25) is 0 Å². The third-order valence-electron chi connectivity index (χ3n) is 3.57. The molecule has 0 fully saturated rings. The molecule has 2 aromatic heterocycles. The molecular formula is C17H19N5O. The minimum Gasteiger partial charge on any atom is -0.363 e. The summed E-state index contributed by atoms with van der Waals surface area (Å²) in [5.41, 5.74) is 3.27. The van der Waals surface area contributed by atoms with Crippen LogP contribution < -0.4 is 10.2 Å². The van der Waals surface area contributed by atoms with Crippen molar-refractivity contribution in [3.05, 3.63) is 59.4 Å². The first-order valence-electron chi connectivity index (χ1n) is 7.40. The lowest BCUT2D eigenvalue weighted by Crippen LogP contribution is -2.25. The van der Waals surface area contributed by atoms with Gasteiger partial charge in [-0.15, -0.1) is 0 Å². The zero-order valence-electron chi connectivity index (χ0n) is 13.4. The molecule has 0 aliphatic rings. The van der Waals surface area contributed by atoms with Gasteiger partial charge >= 0.3 is 0 Å². The topological polar surface area (TPSA) is 62.5 Å². The van der Waals surface area contributed by atoms with E-state index in [1.807, 2.05) is 44.1 Å². The highest BCUT2D eigenvalue weighted by Gasteiger charge is 2.13. The maximum absolute atomic E-state index is 12.4. The van der Waals surface area contributed by atoms with Crippen molar-refractivity contribution in [2.75, 3.05) is 19.0 Å². The van der Waals surface area contributed by atoms with Crippen LogP contribution in [0.15, 0.2) is 42.6 Å². The molecule has 0 bridgehead atoms. The summed E-state index contributed by atoms with van der Waals surface area (Å²) in [5, 5.41) is 7.14. The van der Waals surface area contributed by atoms with E-state index in [4.69, 9.17) is 0 Å². The highest BCUT2D eigenvalue weighted by molar-refractivity contribution is 5.93. The van der Waals surface area contributed by atoms with Crippen molar-refractivity contribution in [2.24, 2.45) is 0 Å². The predicted octanol–water partition coefficient (Wildman–Crippen LogP) is 2.03. The Kier molecular flexibility index (Phi) is 3.97. The zero-order valence-corrected chi connectivity index (χ0v) is 13.4. The molecule has 0 radical (unpaired) electrons. The Labute approximate surface area is 134 Å². The van der Waals surface area contributed by atoms with Crippen LogP contribution in [0, 0.1) is 6.92 Å². The Hall–Kier alpha value is -2.89. The Morgan fingerprint density at radius 1 is 1.26 bits per heavy atom. The van der Waals surface area contributed by atoms with Crippen LogP contribution >= 0.6 is 0 Å². The van der Waals surface area contributed by atoms with E-state index in [1.165, 1.54) is 5.56 Å². The number of carbonyl (C=O) groups is 1. The molecule has 2 heterocycles. The van der Waals surface area contributed by atoms with Gasteiger partial charge in [-0.25, -0.2) is 4.98 Å². The van der Waals surface area contributed by atoms with Gasteiger partial charge in [0, 0.05) is 32.8 Å². The van der Waals surface area contributed by atoms with Gasteiger partial charge in [-0.2, -0.15) is 9.61 Å². The summed E-state index contributed by atoms with van der Waals surface area (Å²) >= 11 is 0. The molecule has 0 aliphatic carbocycles. The third kappa shape index (κ3) is 3.15. The molecule has 3 rings (SSSR count). The molecule has 23 heavy (non-hydrogen) atoms. The molecule has 0 saturated carbocycles. The average molecular weight is 309 g/mol. The van der Waals surface area contributed by atoms with Crippen molar-refractivity contribution in [1.82, 2.24) is 19.9 Å². The average Bonchev–Trinajstić information content (AvgIpc) is 3.00. The molecule has 0 atom stereocenters. The van der Waals surface area contributed by atoms with Crippen molar-refractivity contribution >= 4 is 17.4 Å². The standard InChI is InChI=1S/C17H19N5O/c1-12-5-4-6-13(9-12)11-18-17(23)14-10-16(21(2)3)22-15(20-14)7-8-19-22/h4-10H,11H2,1-3H3,(H,18,23). The number of rotatable bonds is 4. The molecule has 0 aliphatic heterocycles. The number of amides is 1. The quantitative estimate of drug-likeness (QED) is 0.801. The van der Waals surface area contributed by atoms with Crippen LogP contribution in [0.4, 0.5) is 5.82 Å². The van der Waals surface area contributed by atoms with Crippen molar-refractivity contribution in [1.29, 1.82) is 0 Å². The number of anilines is 1. The fourth-order valence-corrected chi connectivity index (χ4v) is 2.43. The molecule has 118 valence electrons. The molecule has 1 aromatic carbocycles. The van der Waals surface area contributed by atoms with Gasteiger partial charge < -0.3 is 10.2 Å². The third-order valence-corrected chi connectivity index (χ3v) is 3.57. The lowest BCUT2D eigenvalue weighted by atomic mass is 10.1. The van der Waals surface area contributed by atoms with Crippen molar-refractivity contribution in [3.8, 4) is 0 Å². The minimum atomic E-state index is -0.196. The first-order chi connectivity index (χ1) is 11.0. The number of hydrogen-bond donors (Lipinski definition) is 1. The number of nitrogens with one attached hydrogen (secondary N) is 1. The zero-order chi connectivity index (χ0) is 16.4. The Morgan fingerprint density at radius 2 is 2.09 bits per heavy atom. The number of carbonyl (C=O) groups excluding carboxylic acids is 1. The van der Waals surface area contributed by atoms with Crippen LogP contribution in [0.3, 0.4) is 0 Å². The second-order valence-electron chi connectivity index (χ2n) is 5.67. The molecule has 0 spiro atoms. The fraction of sp³-hybridized carbons (Fsp3) is 0.235. The van der Waals surface area contributed by atoms with Gasteiger partial charge in [-0.1, -0.05) is 29.8 Å². The summed E-state index contributed by atoms with van der Waals surface area (Å²) < 4.78 is 1.71.